The second-order valence-electron chi connectivity index (χ2n) is 5.91. The van der Waals surface area contributed by atoms with Crippen LogP contribution in [0, 0.1) is 11.7 Å². The molecule has 1 unspecified atom stereocenters. The third kappa shape index (κ3) is 3.64. The van der Waals surface area contributed by atoms with Crippen molar-refractivity contribution in [1.29, 1.82) is 0 Å². The zero-order chi connectivity index (χ0) is 16.2. The van der Waals surface area contributed by atoms with Crippen LogP contribution >= 0.6 is 0 Å². The van der Waals surface area contributed by atoms with Gasteiger partial charge in [-0.05, 0) is 43.0 Å². The molecule has 0 saturated carbocycles. The van der Waals surface area contributed by atoms with Crippen LogP contribution in [0.5, 0.6) is 0 Å². The van der Waals surface area contributed by atoms with E-state index in [2.05, 4.69) is 22.4 Å². The fraction of sp³-hybridized carbons (Fsp3) is 0.353. The topological polar surface area (TPSA) is 58.1 Å². The van der Waals surface area contributed by atoms with E-state index in [0.29, 0.717) is 23.1 Å². The number of rotatable bonds is 3. The zero-order valence-electron chi connectivity index (χ0n) is 13.0. The molecular weight excluding hydrogens is 295 g/mol. The molecule has 1 aliphatic heterocycles. The van der Waals surface area contributed by atoms with Gasteiger partial charge in [0, 0.05) is 13.1 Å². The highest BCUT2D eigenvalue weighted by Crippen LogP contribution is 2.19. The first-order chi connectivity index (χ1) is 11.1. The van der Waals surface area contributed by atoms with Crippen LogP contribution in [-0.2, 0) is 0 Å². The first-order valence-corrected chi connectivity index (χ1v) is 7.78. The van der Waals surface area contributed by atoms with Crippen molar-refractivity contribution in [2.45, 2.75) is 19.8 Å². The van der Waals surface area contributed by atoms with E-state index in [1.54, 1.807) is 30.3 Å². The van der Waals surface area contributed by atoms with E-state index >= 15 is 0 Å². The van der Waals surface area contributed by atoms with Crippen LogP contribution in [0.4, 0.5) is 15.9 Å². The van der Waals surface area contributed by atoms with Crippen LogP contribution in [0.2, 0.25) is 0 Å². The molecule has 2 heterocycles. The Morgan fingerprint density at radius 3 is 2.78 bits per heavy atom. The fourth-order valence-corrected chi connectivity index (χ4v) is 2.75. The monoisotopic (exact) mass is 314 g/mol. The number of carbonyl (C=O) groups is 1. The minimum absolute atomic E-state index is 0.0958. The number of carbonyl (C=O) groups excluding carboxylic acids is 1. The van der Waals surface area contributed by atoms with Gasteiger partial charge in [-0.3, -0.25) is 4.79 Å². The van der Waals surface area contributed by atoms with Crippen molar-refractivity contribution in [2.75, 3.05) is 18.4 Å². The lowest BCUT2D eigenvalue weighted by Crippen LogP contribution is -2.39. The smallest absolute Gasteiger partial charge is 0.274 e. The summed E-state index contributed by atoms with van der Waals surface area (Å²) in [7, 11) is 0. The number of hydrogen-bond acceptors (Lipinski definition) is 4. The van der Waals surface area contributed by atoms with E-state index in [0.717, 1.165) is 25.9 Å². The van der Waals surface area contributed by atoms with Gasteiger partial charge in [0.2, 0.25) is 0 Å². The van der Waals surface area contributed by atoms with Gasteiger partial charge in [0.05, 0.1) is 5.69 Å². The molecule has 5 nitrogen and oxygen atoms in total. The van der Waals surface area contributed by atoms with E-state index in [-0.39, 0.29) is 11.7 Å². The molecule has 1 atom stereocenters. The first kappa shape index (κ1) is 15.4. The van der Waals surface area contributed by atoms with Crippen molar-refractivity contribution < 1.29 is 9.18 Å². The molecule has 1 aromatic carbocycles. The van der Waals surface area contributed by atoms with Crippen LogP contribution in [0.3, 0.4) is 0 Å². The van der Waals surface area contributed by atoms with E-state index in [4.69, 9.17) is 0 Å². The number of piperidine rings is 1. The second-order valence-corrected chi connectivity index (χ2v) is 5.91. The molecule has 1 aliphatic rings. The molecule has 1 aromatic heterocycles. The van der Waals surface area contributed by atoms with Crippen LogP contribution < -0.4 is 5.32 Å². The SMILES string of the molecule is CC1CCCN(C(=O)c2ccc(Nc3ccccc3F)nn2)C1. The summed E-state index contributed by atoms with van der Waals surface area (Å²) in [6, 6.07) is 9.59. The zero-order valence-corrected chi connectivity index (χ0v) is 13.0. The number of aromatic nitrogens is 2. The van der Waals surface area contributed by atoms with Gasteiger partial charge in [0.1, 0.15) is 5.82 Å². The number of halogens is 1. The molecule has 120 valence electrons. The number of amides is 1. The molecule has 23 heavy (non-hydrogen) atoms. The van der Waals surface area contributed by atoms with Gasteiger partial charge in [-0.2, -0.15) is 0 Å². The molecule has 0 radical (unpaired) electrons. The van der Waals surface area contributed by atoms with Gasteiger partial charge in [-0.15, -0.1) is 10.2 Å². The quantitative estimate of drug-likeness (QED) is 0.945. The highest BCUT2D eigenvalue weighted by molar-refractivity contribution is 5.92. The number of anilines is 2. The van der Waals surface area contributed by atoms with Crippen molar-refractivity contribution in [1.82, 2.24) is 15.1 Å². The number of para-hydroxylation sites is 1. The van der Waals surface area contributed by atoms with E-state index in [1.807, 2.05) is 4.90 Å². The number of nitrogens with zero attached hydrogens (tertiary/aromatic N) is 3. The molecule has 3 rings (SSSR count). The first-order valence-electron chi connectivity index (χ1n) is 7.78. The highest BCUT2D eigenvalue weighted by atomic mass is 19.1. The Hall–Kier alpha value is -2.50. The van der Waals surface area contributed by atoms with Crippen LogP contribution in [-0.4, -0.2) is 34.1 Å². The summed E-state index contributed by atoms with van der Waals surface area (Å²) in [4.78, 5) is 14.2. The summed E-state index contributed by atoms with van der Waals surface area (Å²) in [5.41, 5.74) is 0.643. The van der Waals surface area contributed by atoms with Crippen molar-refractivity contribution in [3.05, 3.63) is 47.9 Å². The summed E-state index contributed by atoms with van der Waals surface area (Å²) >= 11 is 0. The summed E-state index contributed by atoms with van der Waals surface area (Å²) in [6.07, 6.45) is 2.17. The molecule has 1 fully saturated rings. The Morgan fingerprint density at radius 1 is 1.26 bits per heavy atom. The maximum Gasteiger partial charge on any atom is 0.274 e. The highest BCUT2D eigenvalue weighted by Gasteiger charge is 2.23. The van der Waals surface area contributed by atoms with E-state index in [1.165, 1.54) is 6.07 Å². The summed E-state index contributed by atoms with van der Waals surface area (Å²) in [5, 5.41) is 10.8. The lowest BCUT2D eigenvalue weighted by molar-refractivity contribution is 0.0676. The van der Waals surface area contributed by atoms with Crippen LogP contribution in [0.25, 0.3) is 0 Å². The minimum Gasteiger partial charge on any atom is -0.337 e. The third-order valence-corrected chi connectivity index (χ3v) is 3.96. The Morgan fingerprint density at radius 2 is 2.09 bits per heavy atom. The van der Waals surface area contributed by atoms with Gasteiger partial charge in [0.25, 0.3) is 5.91 Å². The van der Waals surface area contributed by atoms with Crippen LogP contribution in [0.1, 0.15) is 30.3 Å². The van der Waals surface area contributed by atoms with E-state index in [9.17, 15) is 9.18 Å². The Bertz CT molecular complexity index is 689. The second kappa shape index (κ2) is 6.73. The van der Waals surface area contributed by atoms with Crippen molar-refractivity contribution >= 4 is 17.4 Å². The molecule has 0 spiro atoms. The Kier molecular flexibility index (Phi) is 4.50. The summed E-state index contributed by atoms with van der Waals surface area (Å²) in [5.74, 6) is 0.458. The molecule has 1 N–H and O–H groups in total. The number of likely N-dealkylation sites (tertiary alicyclic amines) is 1. The van der Waals surface area contributed by atoms with Crippen molar-refractivity contribution in [2.24, 2.45) is 5.92 Å². The third-order valence-electron chi connectivity index (χ3n) is 3.96. The van der Waals surface area contributed by atoms with Gasteiger partial charge < -0.3 is 10.2 Å². The van der Waals surface area contributed by atoms with Gasteiger partial charge >= 0.3 is 0 Å². The summed E-state index contributed by atoms with van der Waals surface area (Å²) in [6.45, 7) is 3.67. The standard InChI is InChI=1S/C17H19FN4O/c1-12-5-4-10-22(11-12)17(23)15-8-9-16(21-20-15)19-14-7-3-2-6-13(14)18/h2-3,6-9,12H,4-5,10-11H2,1H3,(H,19,21). The molecule has 0 aliphatic carbocycles. The van der Waals surface area contributed by atoms with Crippen molar-refractivity contribution in [3.8, 4) is 0 Å². The van der Waals surface area contributed by atoms with Crippen molar-refractivity contribution in [3.63, 3.8) is 0 Å². The largest absolute Gasteiger partial charge is 0.337 e. The molecular formula is C17H19FN4O. The normalized spacial score (nSPS) is 17.8. The number of nitrogens with one attached hydrogen (secondary N) is 1. The fourth-order valence-electron chi connectivity index (χ4n) is 2.75. The molecule has 6 heteroatoms. The van der Waals surface area contributed by atoms with Gasteiger partial charge in [-0.1, -0.05) is 19.1 Å². The Labute approximate surface area is 134 Å². The minimum atomic E-state index is -0.364. The summed E-state index contributed by atoms with van der Waals surface area (Å²) < 4.78 is 13.6. The molecule has 2 aromatic rings. The predicted molar refractivity (Wildman–Crippen MR) is 86.0 cm³/mol. The lowest BCUT2D eigenvalue weighted by atomic mass is 10.00. The average molecular weight is 314 g/mol. The van der Waals surface area contributed by atoms with Gasteiger partial charge in [-0.25, -0.2) is 4.39 Å². The maximum atomic E-state index is 13.6. The number of hydrogen-bond donors (Lipinski definition) is 1. The predicted octanol–water partition coefficient (Wildman–Crippen LogP) is 3.23. The lowest BCUT2D eigenvalue weighted by Gasteiger charge is -2.30. The van der Waals surface area contributed by atoms with Crippen LogP contribution in [0.15, 0.2) is 36.4 Å². The number of benzene rings is 1. The molecule has 0 bridgehead atoms. The van der Waals surface area contributed by atoms with Gasteiger partial charge in [0.15, 0.2) is 11.5 Å². The average Bonchev–Trinajstić information content (AvgIpc) is 2.57. The maximum absolute atomic E-state index is 13.6. The van der Waals surface area contributed by atoms with E-state index < -0.39 is 0 Å². The Balaban J connectivity index is 1.69. The molecule has 1 amide bonds. The molecule has 1 saturated heterocycles.